The first-order valence-electron chi connectivity index (χ1n) is 12.1. The fourth-order valence-electron chi connectivity index (χ4n) is 5.02. The molecule has 12 nitrogen and oxygen atoms in total. The molecule has 0 amide bonds. The van der Waals surface area contributed by atoms with Crippen LogP contribution in [0.1, 0.15) is 48.2 Å². The van der Waals surface area contributed by atoms with Crippen LogP contribution in [0.5, 0.6) is 0 Å². The van der Waals surface area contributed by atoms with E-state index in [0.29, 0.717) is 16.8 Å². The summed E-state index contributed by atoms with van der Waals surface area (Å²) in [5.74, 6) is -7.55. The highest BCUT2D eigenvalue weighted by Crippen LogP contribution is 2.48. The van der Waals surface area contributed by atoms with E-state index in [1.165, 1.54) is 20.2 Å². The topological polar surface area (TPSA) is 187 Å². The predicted octanol–water partition coefficient (Wildman–Crippen LogP) is 2.81. The van der Waals surface area contributed by atoms with Gasteiger partial charge in [0.2, 0.25) is 0 Å². The fourth-order valence-corrected chi connectivity index (χ4v) is 5.02. The Labute approximate surface area is 223 Å². The summed E-state index contributed by atoms with van der Waals surface area (Å²) in [7, 11) is 1.25. The Balaban J connectivity index is 2.06. The van der Waals surface area contributed by atoms with E-state index in [0.717, 1.165) is 0 Å². The van der Waals surface area contributed by atoms with E-state index in [1.807, 2.05) is 0 Å². The lowest BCUT2D eigenvalue weighted by atomic mass is 9.68. The standard InChI is InChI=1S/C27H29NO11/c1-14(29)38-13-22-19(10-24(32)33)18(9-23(30)31)20(11-25(34)35)26(39-22)16-5-3-4-15(8-16)21-7-6-17(12-28-21)27(36)37-2/h3-8,12,18-20,22,26H,9-11,13H2,1-2H3,(H,30,31)(H,32,33)(H,34,35)/t18-,19+,20+,22-,26-/m0/s1. The first kappa shape index (κ1) is 29.2. The van der Waals surface area contributed by atoms with Gasteiger partial charge in [0.1, 0.15) is 6.61 Å². The van der Waals surface area contributed by atoms with Gasteiger partial charge in [0.25, 0.3) is 0 Å². The molecule has 2 heterocycles. The van der Waals surface area contributed by atoms with Crippen LogP contribution in [-0.4, -0.2) is 70.0 Å². The van der Waals surface area contributed by atoms with Crippen molar-refractivity contribution in [2.75, 3.05) is 13.7 Å². The summed E-state index contributed by atoms with van der Waals surface area (Å²) in [5.41, 5.74) is 1.87. The van der Waals surface area contributed by atoms with Crippen molar-refractivity contribution in [3.63, 3.8) is 0 Å². The lowest BCUT2D eigenvalue weighted by molar-refractivity contribution is -0.189. The maximum atomic E-state index is 11.9. The second kappa shape index (κ2) is 13.0. The molecule has 39 heavy (non-hydrogen) atoms. The van der Waals surface area contributed by atoms with Crippen LogP contribution in [-0.2, 0) is 33.4 Å². The van der Waals surface area contributed by atoms with Gasteiger partial charge in [-0.05, 0) is 29.7 Å². The number of esters is 2. The fraction of sp³-hybridized carbons (Fsp3) is 0.407. The Morgan fingerprint density at radius 1 is 0.897 bits per heavy atom. The molecule has 1 fully saturated rings. The number of carboxylic acid groups (broad SMARTS) is 3. The first-order chi connectivity index (χ1) is 18.5. The van der Waals surface area contributed by atoms with Crippen LogP contribution in [0.4, 0.5) is 0 Å². The number of nitrogens with zero attached hydrogens (tertiary/aromatic N) is 1. The molecular formula is C27H29NO11. The van der Waals surface area contributed by atoms with Crippen LogP contribution in [0.3, 0.4) is 0 Å². The number of methoxy groups -OCH3 is 1. The minimum absolute atomic E-state index is 0.254. The van der Waals surface area contributed by atoms with Crippen molar-refractivity contribution >= 4 is 29.8 Å². The van der Waals surface area contributed by atoms with E-state index in [4.69, 9.17) is 9.47 Å². The maximum absolute atomic E-state index is 11.9. The Hall–Kier alpha value is -4.32. The maximum Gasteiger partial charge on any atom is 0.339 e. The highest BCUT2D eigenvalue weighted by Gasteiger charge is 2.48. The molecule has 0 aliphatic carbocycles. The number of pyridine rings is 1. The Morgan fingerprint density at radius 3 is 2.10 bits per heavy atom. The van der Waals surface area contributed by atoms with Crippen LogP contribution in [0.2, 0.25) is 0 Å². The molecule has 2 aromatic rings. The van der Waals surface area contributed by atoms with Crippen LogP contribution in [0.25, 0.3) is 11.3 Å². The molecule has 1 aromatic heterocycles. The summed E-state index contributed by atoms with van der Waals surface area (Å²) in [4.78, 5) is 62.9. The van der Waals surface area contributed by atoms with Gasteiger partial charge < -0.3 is 29.5 Å². The average Bonchev–Trinajstić information content (AvgIpc) is 2.88. The highest BCUT2D eigenvalue weighted by atomic mass is 16.6. The van der Waals surface area contributed by atoms with Crippen molar-refractivity contribution in [2.24, 2.45) is 17.8 Å². The number of hydrogen-bond acceptors (Lipinski definition) is 9. The summed E-state index contributed by atoms with van der Waals surface area (Å²) in [5, 5.41) is 28.9. The smallest absolute Gasteiger partial charge is 0.339 e. The minimum atomic E-state index is -1.22. The molecule has 3 N–H and O–H groups in total. The average molecular weight is 544 g/mol. The number of ether oxygens (including phenoxy) is 3. The van der Waals surface area contributed by atoms with E-state index in [-0.39, 0.29) is 12.2 Å². The van der Waals surface area contributed by atoms with Gasteiger partial charge in [-0.2, -0.15) is 0 Å². The zero-order valence-electron chi connectivity index (χ0n) is 21.3. The number of hydrogen-bond donors (Lipinski definition) is 3. The number of rotatable bonds is 11. The number of carbonyl (C=O) groups is 5. The summed E-state index contributed by atoms with van der Waals surface area (Å²) in [6.07, 6.45) is -2.07. The van der Waals surface area contributed by atoms with Gasteiger partial charge in [-0.15, -0.1) is 0 Å². The molecule has 208 valence electrons. The van der Waals surface area contributed by atoms with Crippen LogP contribution < -0.4 is 0 Å². The highest BCUT2D eigenvalue weighted by molar-refractivity contribution is 5.89. The molecule has 5 atom stereocenters. The van der Waals surface area contributed by atoms with Gasteiger partial charge in [-0.25, -0.2) is 4.79 Å². The molecule has 0 bridgehead atoms. The Bertz CT molecular complexity index is 1230. The molecule has 1 aliphatic rings. The number of aliphatic carboxylic acids is 3. The minimum Gasteiger partial charge on any atom is -0.481 e. The van der Waals surface area contributed by atoms with E-state index < -0.39 is 79.1 Å². The normalized spacial score (nSPS) is 22.5. The zero-order chi connectivity index (χ0) is 28.7. The van der Waals surface area contributed by atoms with Gasteiger partial charge in [0.05, 0.1) is 43.4 Å². The first-order valence-corrected chi connectivity index (χ1v) is 12.1. The monoisotopic (exact) mass is 543 g/mol. The van der Waals surface area contributed by atoms with Crippen LogP contribution in [0, 0.1) is 17.8 Å². The molecule has 0 spiro atoms. The lowest BCUT2D eigenvalue weighted by Crippen LogP contribution is -2.48. The molecule has 0 saturated carbocycles. The molecule has 1 saturated heterocycles. The number of carboxylic acids is 3. The van der Waals surface area contributed by atoms with E-state index in [1.54, 1.807) is 36.4 Å². The van der Waals surface area contributed by atoms with Gasteiger partial charge in [0, 0.05) is 36.9 Å². The third kappa shape index (κ3) is 7.60. The number of carbonyl (C=O) groups excluding carboxylic acids is 2. The Kier molecular flexibility index (Phi) is 9.72. The van der Waals surface area contributed by atoms with Crippen molar-refractivity contribution in [3.05, 3.63) is 53.7 Å². The van der Waals surface area contributed by atoms with Gasteiger partial charge >= 0.3 is 29.8 Å². The van der Waals surface area contributed by atoms with Gasteiger partial charge in [-0.1, -0.05) is 18.2 Å². The second-order valence-electron chi connectivity index (χ2n) is 9.23. The van der Waals surface area contributed by atoms with Gasteiger partial charge in [-0.3, -0.25) is 24.2 Å². The van der Waals surface area contributed by atoms with Crippen molar-refractivity contribution < 1.29 is 53.5 Å². The number of aromatic nitrogens is 1. The SMILES string of the molecule is COC(=O)c1ccc(-c2cccc([C@@H]3O[C@@H](COC(C)=O)[C@H](CC(=O)O)[C@H](CC(=O)O)[C@H]3CC(=O)O)c2)nc1. The van der Waals surface area contributed by atoms with Gasteiger partial charge in [0.15, 0.2) is 0 Å². The van der Waals surface area contributed by atoms with E-state index in [2.05, 4.69) is 9.72 Å². The molecular weight excluding hydrogens is 514 g/mol. The van der Waals surface area contributed by atoms with Crippen molar-refractivity contribution in [1.82, 2.24) is 4.98 Å². The summed E-state index contributed by atoms with van der Waals surface area (Å²) >= 11 is 0. The zero-order valence-corrected chi connectivity index (χ0v) is 21.3. The summed E-state index contributed by atoms with van der Waals surface area (Å²) < 4.78 is 16.0. The third-order valence-electron chi connectivity index (χ3n) is 6.67. The molecule has 0 unspecified atom stereocenters. The van der Waals surface area contributed by atoms with E-state index >= 15 is 0 Å². The van der Waals surface area contributed by atoms with E-state index in [9.17, 15) is 39.3 Å². The Morgan fingerprint density at radius 2 is 1.54 bits per heavy atom. The second-order valence-corrected chi connectivity index (χ2v) is 9.23. The quantitative estimate of drug-likeness (QED) is 0.352. The van der Waals surface area contributed by atoms with Crippen molar-refractivity contribution in [3.8, 4) is 11.3 Å². The lowest BCUT2D eigenvalue weighted by Gasteiger charge is -2.46. The summed E-state index contributed by atoms with van der Waals surface area (Å²) in [6, 6.07) is 9.98. The predicted molar refractivity (Wildman–Crippen MR) is 132 cm³/mol. The van der Waals surface area contributed by atoms with Crippen LogP contribution in [0.15, 0.2) is 42.6 Å². The molecule has 1 aromatic carbocycles. The third-order valence-corrected chi connectivity index (χ3v) is 6.67. The molecule has 12 heteroatoms. The van der Waals surface area contributed by atoms with Crippen LogP contribution >= 0.6 is 0 Å². The molecule has 1 aliphatic heterocycles. The summed E-state index contributed by atoms with van der Waals surface area (Å²) in [6.45, 7) is 0.854. The van der Waals surface area contributed by atoms with Crippen molar-refractivity contribution in [1.29, 1.82) is 0 Å². The molecule has 0 radical (unpaired) electrons. The number of benzene rings is 1. The van der Waals surface area contributed by atoms with Crippen molar-refractivity contribution in [2.45, 2.75) is 38.4 Å². The molecule has 3 rings (SSSR count). The largest absolute Gasteiger partial charge is 0.481 e.